The van der Waals surface area contributed by atoms with Gasteiger partial charge in [-0.25, -0.2) is 4.98 Å². The van der Waals surface area contributed by atoms with Crippen molar-refractivity contribution in [2.45, 2.75) is 25.7 Å². The monoisotopic (exact) mass is 352 g/mol. The zero-order valence-electron chi connectivity index (χ0n) is 14.1. The summed E-state index contributed by atoms with van der Waals surface area (Å²) in [7, 11) is 0. The maximum absolute atomic E-state index is 12.7. The van der Waals surface area contributed by atoms with Crippen molar-refractivity contribution in [3.05, 3.63) is 58.0 Å². The molecule has 0 bridgehead atoms. The zero-order chi connectivity index (χ0) is 17.2. The molecule has 2 aromatic heterocycles. The molecule has 0 radical (unpaired) electrons. The normalized spacial score (nSPS) is 17.6. The second-order valence-corrected chi connectivity index (χ2v) is 7.70. The van der Waals surface area contributed by atoms with E-state index in [1.54, 1.807) is 11.3 Å². The predicted molar refractivity (Wildman–Crippen MR) is 98.8 cm³/mol. The molecule has 128 valence electrons. The maximum Gasteiger partial charge on any atom is 0.263 e. The Labute approximate surface area is 150 Å². The number of nitrogens with zero attached hydrogens (tertiary/aromatic N) is 3. The van der Waals surface area contributed by atoms with Crippen molar-refractivity contribution >= 4 is 17.2 Å². The minimum atomic E-state index is 0.130. The third-order valence-corrected chi connectivity index (χ3v) is 5.57. The quantitative estimate of drug-likeness (QED) is 0.778. The van der Waals surface area contributed by atoms with Gasteiger partial charge < -0.3 is 4.90 Å². The van der Waals surface area contributed by atoms with Crippen LogP contribution in [0.1, 0.15) is 39.1 Å². The van der Waals surface area contributed by atoms with E-state index in [9.17, 15) is 4.79 Å². The maximum atomic E-state index is 12.7. The van der Waals surface area contributed by atoms with Gasteiger partial charge in [-0.3, -0.25) is 9.89 Å². The summed E-state index contributed by atoms with van der Waals surface area (Å²) in [5, 5.41) is 7.44. The first-order chi connectivity index (χ1) is 12.2. The number of thiophene rings is 1. The predicted octanol–water partition coefficient (Wildman–Crippen LogP) is 3.86. The minimum absolute atomic E-state index is 0.130. The van der Waals surface area contributed by atoms with Gasteiger partial charge in [0, 0.05) is 29.4 Å². The standard InChI is InChI=1S/C19H20N4OS/c1-13-9-10-16(25-13)19(24)23-11-5-8-15(12-23)18-20-17(21-22-18)14-6-3-2-4-7-14/h2-4,6-7,9-10,15H,5,8,11-12H2,1H3,(H,20,21,22)/t15-/m0/s1. The topological polar surface area (TPSA) is 61.9 Å². The number of piperidine rings is 1. The Balaban J connectivity index is 1.50. The number of rotatable bonds is 3. The Morgan fingerprint density at radius 1 is 1.24 bits per heavy atom. The molecule has 6 heteroatoms. The molecule has 0 aliphatic carbocycles. The molecule has 1 aliphatic heterocycles. The van der Waals surface area contributed by atoms with Gasteiger partial charge in [0.05, 0.1) is 4.88 Å². The molecule has 1 fully saturated rings. The van der Waals surface area contributed by atoms with E-state index in [1.807, 2.05) is 54.3 Å². The number of hydrogen-bond donors (Lipinski definition) is 1. The number of amides is 1. The molecule has 1 aliphatic rings. The van der Waals surface area contributed by atoms with Crippen molar-refractivity contribution in [3.63, 3.8) is 0 Å². The number of carbonyl (C=O) groups is 1. The lowest BCUT2D eigenvalue weighted by molar-refractivity contribution is 0.0709. The van der Waals surface area contributed by atoms with Gasteiger partial charge in [0.2, 0.25) is 0 Å². The highest BCUT2D eigenvalue weighted by Crippen LogP contribution is 2.28. The Kier molecular flexibility index (Phi) is 4.36. The van der Waals surface area contributed by atoms with Gasteiger partial charge in [0.15, 0.2) is 5.82 Å². The van der Waals surface area contributed by atoms with E-state index in [1.165, 1.54) is 4.88 Å². The van der Waals surface area contributed by atoms with E-state index in [0.717, 1.165) is 35.7 Å². The van der Waals surface area contributed by atoms with Crippen molar-refractivity contribution in [1.29, 1.82) is 0 Å². The van der Waals surface area contributed by atoms with E-state index in [-0.39, 0.29) is 11.8 Å². The minimum Gasteiger partial charge on any atom is -0.337 e. The molecule has 1 amide bonds. The highest BCUT2D eigenvalue weighted by atomic mass is 32.1. The summed E-state index contributed by atoms with van der Waals surface area (Å²) in [6.45, 7) is 3.53. The number of likely N-dealkylation sites (tertiary alicyclic amines) is 1. The van der Waals surface area contributed by atoms with Crippen molar-refractivity contribution in [2.24, 2.45) is 0 Å². The largest absolute Gasteiger partial charge is 0.337 e. The SMILES string of the molecule is Cc1ccc(C(=O)N2CCC[C@H](c3nc(-c4ccccc4)n[nH]3)C2)s1. The van der Waals surface area contributed by atoms with Gasteiger partial charge in [0.25, 0.3) is 5.91 Å². The number of aryl methyl sites for hydroxylation is 1. The van der Waals surface area contributed by atoms with Crippen LogP contribution in [0, 0.1) is 6.92 Å². The molecule has 3 heterocycles. The van der Waals surface area contributed by atoms with Crippen molar-refractivity contribution in [2.75, 3.05) is 13.1 Å². The number of aromatic nitrogens is 3. The molecule has 0 unspecified atom stereocenters. The summed E-state index contributed by atoms with van der Waals surface area (Å²) in [6, 6.07) is 13.9. The molecule has 1 N–H and O–H groups in total. The third kappa shape index (κ3) is 3.35. The molecule has 1 atom stereocenters. The van der Waals surface area contributed by atoms with Crippen LogP contribution >= 0.6 is 11.3 Å². The van der Waals surface area contributed by atoms with Crippen LogP contribution in [-0.4, -0.2) is 39.1 Å². The van der Waals surface area contributed by atoms with Crippen LogP contribution in [0.2, 0.25) is 0 Å². The zero-order valence-corrected chi connectivity index (χ0v) is 14.9. The molecule has 0 saturated carbocycles. The van der Waals surface area contributed by atoms with E-state index in [4.69, 9.17) is 0 Å². The molecule has 1 saturated heterocycles. The molecule has 5 nitrogen and oxygen atoms in total. The first-order valence-electron chi connectivity index (χ1n) is 8.54. The van der Waals surface area contributed by atoms with Crippen LogP contribution in [0.25, 0.3) is 11.4 Å². The van der Waals surface area contributed by atoms with Gasteiger partial charge in [-0.2, -0.15) is 5.10 Å². The molecule has 4 rings (SSSR count). The first kappa shape index (κ1) is 16.0. The van der Waals surface area contributed by atoms with Gasteiger partial charge in [0.1, 0.15) is 5.82 Å². The molecule has 3 aromatic rings. The van der Waals surface area contributed by atoms with E-state index < -0.39 is 0 Å². The number of H-pyrrole nitrogens is 1. The number of aromatic amines is 1. The van der Waals surface area contributed by atoms with Crippen LogP contribution in [0.3, 0.4) is 0 Å². The van der Waals surface area contributed by atoms with E-state index in [0.29, 0.717) is 12.4 Å². The number of benzene rings is 1. The number of carbonyl (C=O) groups excluding carboxylic acids is 1. The van der Waals surface area contributed by atoms with Crippen molar-refractivity contribution in [1.82, 2.24) is 20.1 Å². The number of hydrogen-bond acceptors (Lipinski definition) is 4. The first-order valence-corrected chi connectivity index (χ1v) is 9.36. The molecule has 1 aromatic carbocycles. The Morgan fingerprint density at radius 2 is 2.08 bits per heavy atom. The van der Waals surface area contributed by atoms with E-state index >= 15 is 0 Å². The Hall–Kier alpha value is -2.47. The lowest BCUT2D eigenvalue weighted by Gasteiger charge is -2.31. The summed E-state index contributed by atoms with van der Waals surface area (Å²) >= 11 is 1.56. The van der Waals surface area contributed by atoms with Crippen molar-refractivity contribution < 1.29 is 4.79 Å². The van der Waals surface area contributed by atoms with Gasteiger partial charge in [-0.1, -0.05) is 30.3 Å². The van der Waals surface area contributed by atoms with Gasteiger partial charge in [-0.05, 0) is 31.9 Å². The summed E-state index contributed by atoms with van der Waals surface area (Å²) in [6.07, 6.45) is 2.01. The van der Waals surface area contributed by atoms with E-state index in [2.05, 4.69) is 15.2 Å². The summed E-state index contributed by atoms with van der Waals surface area (Å²) in [5.74, 6) is 1.93. The van der Waals surface area contributed by atoms with Crippen molar-refractivity contribution in [3.8, 4) is 11.4 Å². The Bertz CT molecular complexity index is 870. The second-order valence-electron chi connectivity index (χ2n) is 6.41. The fourth-order valence-electron chi connectivity index (χ4n) is 3.26. The lowest BCUT2D eigenvalue weighted by Crippen LogP contribution is -2.39. The van der Waals surface area contributed by atoms with Crippen LogP contribution in [-0.2, 0) is 0 Å². The smallest absolute Gasteiger partial charge is 0.263 e. The third-order valence-electron chi connectivity index (χ3n) is 4.58. The molecular formula is C19H20N4OS. The van der Waals surface area contributed by atoms with Crippen LogP contribution in [0.5, 0.6) is 0 Å². The Morgan fingerprint density at radius 3 is 2.84 bits per heavy atom. The molecule has 0 spiro atoms. The van der Waals surface area contributed by atoms with Gasteiger partial charge in [-0.15, -0.1) is 11.3 Å². The summed E-state index contributed by atoms with van der Waals surface area (Å²) in [5.41, 5.74) is 1.00. The summed E-state index contributed by atoms with van der Waals surface area (Å²) in [4.78, 5) is 21.3. The summed E-state index contributed by atoms with van der Waals surface area (Å²) < 4.78 is 0. The second kappa shape index (κ2) is 6.80. The molecule has 25 heavy (non-hydrogen) atoms. The average Bonchev–Trinajstić information content (AvgIpc) is 3.31. The highest BCUT2D eigenvalue weighted by Gasteiger charge is 2.28. The van der Waals surface area contributed by atoms with Crippen LogP contribution < -0.4 is 0 Å². The highest BCUT2D eigenvalue weighted by molar-refractivity contribution is 7.13. The average molecular weight is 352 g/mol. The fraction of sp³-hybridized carbons (Fsp3) is 0.316. The van der Waals surface area contributed by atoms with Crippen LogP contribution in [0.4, 0.5) is 0 Å². The fourth-order valence-corrected chi connectivity index (χ4v) is 4.10. The molecular weight excluding hydrogens is 332 g/mol. The number of nitrogens with one attached hydrogen (secondary N) is 1. The van der Waals surface area contributed by atoms with Crippen LogP contribution in [0.15, 0.2) is 42.5 Å². The lowest BCUT2D eigenvalue weighted by atomic mass is 9.97. The van der Waals surface area contributed by atoms with Gasteiger partial charge >= 0.3 is 0 Å².